The molecule has 0 saturated heterocycles. The van der Waals surface area contributed by atoms with Crippen molar-refractivity contribution in [2.45, 2.75) is 37.9 Å². The smallest absolute Gasteiger partial charge is 0.224 e. The first-order valence-electron chi connectivity index (χ1n) is 9.10. The van der Waals surface area contributed by atoms with Crippen molar-refractivity contribution in [2.75, 3.05) is 6.54 Å². The summed E-state index contributed by atoms with van der Waals surface area (Å²) in [6.45, 7) is 0.498. The van der Waals surface area contributed by atoms with Gasteiger partial charge in [0, 0.05) is 31.1 Å². The number of aromatic amines is 1. The zero-order valence-electron chi connectivity index (χ0n) is 14.5. The quantitative estimate of drug-likeness (QED) is 0.765. The molecule has 0 unspecified atom stereocenters. The number of hydrogen-bond acceptors (Lipinski definition) is 4. The number of imidazole rings is 1. The normalized spacial score (nSPS) is 24.7. The average molecular weight is 372 g/mol. The minimum Gasteiger partial charge on any atom is -0.438 e. The number of carbonyl (C=O) groups excluding carboxylic acids is 1. The molecule has 1 amide bonds. The number of hydrogen-bond donors (Lipinski definition) is 1. The van der Waals surface area contributed by atoms with Gasteiger partial charge in [0.05, 0.1) is 12.0 Å². The molecule has 1 fully saturated rings. The van der Waals surface area contributed by atoms with E-state index in [9.17, 15) is 13.6 Å². The summed E-state index contributed by atoms with van der Waals surface area (Å²) in [4.78, 5) is 26.5. The molecule has 1 aliphatic heterocycles. The van der Waals surface area contributed by atoms with Gasteiger partial charge in [0.25, 0.3) is 0 Å². The third kappa shape index (κ3) is 2.79. The van der Waals surface area contributed by atoms with Gasteiger partial charge in [-0.15, -0.1) is 0 Å². The van der Waals surface area contributed by atoms with Crippen molar-refractivity contribution in [3.8, 4) is 0 Å². The summed E-state index contributed by atoms with van der Waals surface area (Å²) in [7, 11) is 0. The van der Waals surface area contributed by atoms with E-state index in [1.54, 1.807) is 11.2 Å². The van der Waals surface area contributed by atoms with E-state index >= 15 is 0 Å². The van der Waals surface area contributed by atoms with E-state index < -0.39 is 18.0 Å². The monoisotopic (exact) mass is 372 g/mol. The fourth-order valence-electron chi connectivity index (χ4n) is 4.02. The van der Waals surface area contributed by atoms with Crippen molar-refractivity contribution in [1.29, 1.82) is 0 Å². The summed E-state index contributed by atoms with van der Waals surface area (Å²) in [6.07, 6.45) is 2.66. The van der Waals surface area contributed by atoms with Crippen molar-refractivity contribution >= 4 is 17.0 Å². The number of benzene rings is 1. The lowest BCUT2D eigenvalue weighted by molar-refractivity contribution is -0.136. The van der Waals surface area contributed by atoms with Gasteiger partial charge in [-0.05, 0) is 30.9 Å². The Morgan fingerprint density at radius 3 is 3.04 bits per heavy atom. The molecule has 1 aliphatic carbocycles. The first kappa shape index (κ1) is 16.4. The summed E-state index contributed by atoms with van der Waals surface area (Å²) in [6, 6.07) is 3.57. The van der Waals surface area contributed by atoms with Crippen LogP contribution in [0.4, 0.5) is 8.78 Å². The van der Waals surface area contributed by atoms with Crippen LogP contribution in [0.15, 0.2) is 28.9 Å². The van der Waals surface area contributed by atoms with Crippen LogP contribution in [0.2, 0.25) is 0 Å². The standard InChI is InChI=1S/C19H18F2N4O2/c20-11-1-2-15-14(8-11)24-19(27-15)18-17-13(22-9-23-17)3-4-25(18)16(26)7-10-5-12(21)6-10/h1-2,8-10,12,18H,3-7H2,(H,22,23)/t10?,12?,18-/m0/s1. The van der Waals surface area contributed by atoms with Gasteiger partial charge in [-0.3, -0.25) is 4.79 Å². The number of nitrogens with zero attached hydrogens (tertiary/aromatic N) is 3. The molecule has 5 rings (SSSR count). The van der Waals surface area contributed by atoms with Crippen LogP contribution in [0.1, 0.15) is 42.6 Å². The van der Waals surface area contributed by atoms with E-state index in [2.05, 4.69) is 15.0 Å². The summed E-state index contributed by atoms with van der Waals surface area (Å²) >= 11 is 0. The van der Waals surface area contributed by atoms with Gasteiger partial charge >= 0.3 is 0 Å². The zero-order chi connectivity index (χ0) is 18.5. The van der Waals surface area contributed by atoms with Gasteiger partial charge in [-0.25, -0.2) is 18.7 Å². The van der Waals surface area contributed by atoms with E-state index in [0.29, 0.717) is 54.9 Å². The molecule has 3 heterocycles. The van der Waals surface area contributed by atoms with E-state index in [-0.39, 0.29) is 11.8 Å². The number of halogens is 2. The Bertz CT molecular complexity index is 1010. The van der Waals surface area contributed by atoms with Crippen LogP contribution in [0.3, 0.4) is 0 Å². The highest BCUT2D eigenvalue weighted by molar-refractivity contribution is 5.78. The van der Waals surface area contributed by atoms with Gasteiger partial charge in [0.2, 0.25) is 11.8 Å². The molecule has 1 aromatic carbocycles. The molecular formula is C19H18F2N4O2. The lowest BCUT2D eigenvalue weighted by Gasteiger charge is -2.36. The molecule has 1 saturated carbocycles. The highest BCUT2D eigenvalue weighted by atomic mass is 19.1. The maximum atomic E-state index is 13.5. The molecule has 2 aliphatic rings. The molecule has 27 heavy (non-hydrogen) atoms. The summed E-state index contributed by atoms with van der Waals surface area (Å²) in [5.41, 5.74) is 2.49. The van der Waals surface area contributed by atoms with Crippen LogP contribution in [-0.2, 0) is 11.2 Å². The van der Waals surface area contributed by atoms with Crippen LogP contribution in [-0.4, -0.2) is 38.5 Å². The fourth-order valence-corrected chi connectivity index (χ4v) is 4.02. The second-order valence-corrected chi connectivity index (χ2v) is 7.31. The van der Waals surface area contributed by atoms with Crippen LogP contribution in [0.25, 0.3) is 11.1 Å². The predicted molar refractivity (Wildman–Crippen MR) is 92.1 cm³/mol. The van der Waals surface area contributed by atoms with Crippen molar-refractivity contribution < 1.29 is 18.0 Å². The minimum atomic E-state index is -0.787. The van der Waals surface area contributed by atoms with Crippen molar-refractivity contribution in [3.05, 3.63) is 47.6 Å². The number of amides is 1. The van der Waals surface area contributed by atoms with Crippen LogP contribution >= 0.6 is 0 Å². The number of H-pyrrole nitrogens is 1. The molecule has 0 bridgehead atoms. The number of rotatable bonds is 3. The number of fused-ring (bicyclic) bond motifs is 2. The lowest BCUT2D eigenvalue weighted by Crippen LogP contribution is -2.42. The average Bonchev–Trinajstić information content (AvgIpc) is 3.25. The van der Waals surface area contributed by atoms with Crippen LogP contribution in [0.5, 0.6) is 0 Å². The van der Waals surface area contributed by atoms with Gasteiger partial charge in [-0.1, -0.05) is 0 Å². The maximum absolute atomic E-state index is 13.5. The Morgan fingerprint density at radius 1 is 1.37 bits per heavy atom. The second-order valence-electron chi connectivity index (χ2n) is 7.31. The van der Waals surface area contributed by atoms with Crippen molar-refractivity contribution in [1.82, 2.24) is 19.9 Å². The third-order valence-electron chi connectivity index (χ3n) is 5.49. The first-order valence-corrected chi connectivity index (χ1v) is 9.10. The highest BCUT2D eigenvalue weighted by Gasteiger charge is 2.39. The fraction of sp³-hybridized carbons (Fsp3) is 0.421. The number of oxazole rings is 1. The van der Waals surface area contributed by atoms with Gasteiger partial charge in [0.1, 0.15) is 17.5 Å². The Balaban J connectivity index is 1.51. The second kappa shape index (κ2) is 6.14. The molecule has 8 heteroatoms. The van der Waals surface area contributed by atoms with E-state index in [1.165, 1.54) is 18.2 Å². The molecule has 1 N–H and O–H groups in total. The molecule has 0 spiro atoms. The molecule has 6 nitrogen and oxygen atoms in total. The van der Waals surface area contributed by atoms with Gasteiger partial charge in [0.15, 0.2) is 11.6 Å². The largest absolute Gasteiger partial charge is 0.438 e. The maximum Gasteiger partial charge on any atom is 0.224 e. The highest BCUT2D eigenvalue weighted by Crippen LogP contribution is 2.38. The number of nitrogens with one attached hydrogen (secondary N) is 1. The first-order chi connectivity index (χ1) is 13.1. The third-order valence-corrected chi connectivity index (χ3v) is 5.49. The molecule has 1 atom stereocenters. The van der Waals surface area contributed by atoms with Crippen LogP contribution in [0, 0.1) is 11.7 Å². The zero-order valence-corrected chi connectivity index (χ0v) is 14.5. The number of aromatic nitrogens is 3. The Morgan fingerprint density at radius 2 is 2.22 bits per heavy atom. The summed E-state index contributed by atoms with van der Waals surface area (Å²) < 4.78 is 32.5. The topological polar surface area (TPSA) is 75.0 Å². The van der Waals surface area contributed by atoms with Gasteiger partial charge < -0.3 is 14.3 Å². The Kier molecular flexibility index (Phi) is 3.73. The van der Waals surface area contributed by atoms with E-state index in [1.807, 2.05) is 0 Å². The lowest BCUT2D eigenvalue weighted by atomic mass is 9.80. The minimum absolute atomic E-state index is 0.0565. The van der Waals surface area contributed by atoms with Crippen molar-refractivity contribution in [3.63, 3.8) is 0 Å². The molecule has 2 aromatic heterocycles. The Hall–Kier alpha value is -2.77. The molecule has 0 radical (unpaired) electrons. The molecule has 3 aromatic rings. The molecule has 140 valence electrons. The number of carbonyl (C=O) groups is 1. The molecular weight excluding hydrogens is 354 g/mol. The van der Waals surface area contributed by atoms with Crippen molar-refractivity contribution in [2.24, 2.45) is 5.92 Å². The SMILES string of the molecule is O=C(CC1CC(F)C1)N1CCc2[nH]cnc2[C@H]1c1nc2cc(F)ccc2o1. The predicted octanol–water partition coefficient (Wildman–Crippen LogP) is 3.30. The van der Waals surface area contributed by atoms with E-state index in [4.69, 9.17) is 4.42 Å². The summed E-state index contributed by atoms with van der Waals surface area (Å²) in [5.74, 6) is -0.0513. The summed E-state index contributed by atoms with van der Waals surface area (Å²) in [5, 5.41) is 0. The van der Waals surface area contributed by atoms with Crippen LogP contribution < -0.4 is 0 Å². The Labute approximate surface area is 153 Å². The number of alkyl halides is 1. The van der Waals surface area contributed by atoms with E-state index in [0.717, 1.165) is 5.69 Å². The van der Waals surface area contributed by atoms with Gasteiger partial charge in [-0.2, -0.15) is 0 Å².